The van der Waals surface area contributed by atoms with Gasteiger partial charge >= 0.3 is 5.97 Å². The predicted octanol–water partition coefficient (Wildman–Crippen LogP) is 4.45. The summed E-state index contributed by atoms with van der Waals surface area (Å²) in [6, 6.07) is 23.3. The molecule has 0 unspecified atom stereocenters. The van der Waals surface area contributed by atoms with Crippen LogP contribution in [0.2, 0.25) is 0 Å². The second-order valence-corrected chi connectivity index (χ2v) is 7.39. The van der Waals surface area contributed by atoms with E-state index in [0.29, 0.717) is 18.7 Å². The van der Waals surface area contributed by atoms with Crippen LogP contribution in [0.1, 0.15) is 40.1 Å². The van der Waals surface area contributed by atoms with Gasteiger partial charge in [-0.2, -0.15) is 0 Å². The minimum atomic E-state index is -0.943. The van der Waals surface area contributed by atoms with Crippen molar-refractivity contribution >= 4 is 5.97 Å². The molecule has 5 nitrogen and oxygen atoms in total. The van der Waals surface area contributed by atoms with Crippen LogP contribution in [0.5, 0.6) is 0 Å². The van der Waals surface area contributed by atoms with E-state index < -0.39 is 12.1 Å². The van der Waals surface area contributed by atoms with Gasteiger partial charge in [0.25, 0.3) is 0 Å². The molecule has 1 atom stereocenters. The molecular formula is C26H29NO4. The quantitative estimate of drug-likeness (QED) is 0.400. The highest BCUT2D eigenvalue weighted by Gasteiger charge is 2.12. The maximum Gasteiger partial charge on any atom is 0.336 e. The van der Waals surface area contributed by atoms with Gasteiger partial charge in [-0.05, 0) is 59.8 Å². The molecule has 31 heavy (non-hydrogen) atoms. The lowest BCUT2D eigenvalue weighted by Gasteiger charge is -2.12. The SMILES string of the molecule is CCOCc1cc(-c2ccc(CCNC[C@@H](O)c3ccccc3)cc2)ccc1C(=O)O. The molecule has 0 saturated carbocycles. The number of ether oxygens (including phenoxy) is 1. The fraction of sp³-hybridized carbons (Fsp3) is 0.269. The molecule has 3 rings (SSSR count). The lowest BCUT2D eigenvalue weighted by Crippen LogP contribution is -2.23. The van der Waals surface area contributed by atoms with Crippen molar-refractivity contribution in [2.75, 3.05) is 19.7 Å². The summed E-state index contributed by atoms with van der Waals surface area (Å²) < 4.78 is 5.43. The van der Waals surface area contributed by atoms with E-state index in [1.807, 2.05) is 61.5 Å². The number of rotatable bonds is 11. The Morgan fingerprint density at radius 2 is 1.71 bits per heavy atom. The molecule has 0 aliphatic rings. The average molecular weight is 420 g/mol. The summed E-state index contributed by atoms with van der Waals surface area (Å²) in [4.78, 5) is 11.4. The lowest BCUT2D eigenvalue weighted by atomic mass is 9.98. The van der Waals surface area contributed by atoms with Crippen LogP contribution in [0.3, 0.4) is 0 Å². The van der Waals surface area contributed by atoms with E-state index in [-0.39, 0.29) is 12.2 Å². The average Bonchev–Trinajstić information content (AvgIpc) is 2.81. The Hall–Kier alpha value is -2.99. The Morgan fingerprint density at radius 1 is 1.00 bits per heavy atom. The molecule has 3 aromatic rings. The highest BCUT2D eigenvalue weighted by atomic mass is 16.5. The molecule has 162 valence electrons. The Labute approximate surface area is 183 Å². The Kier molecular flexibility index (Phi) is 8.35. The van der Waals surface area contributed by atoms with E-state index in [1.54, 1.807) is 6.07 Å². The van der Waals surface area contributed by atoms with E-state index in [1.165, 1.54) is 5.56 Å². The summed E-state index contributed by atoms with van der Waals surface area (Å²) in [6.45, 7) is 3.99. The van der Waals surface area contributed by atoms with Crippen molar-refractivity contribution in [2.24, 2.45) is 0 Å². The summed E-state index contributed by atoms with van der Waals surface area (Å²) in [5.74, 6) is -0.943. The van der Waals surface area contributed by atoms with E-state index in [0.717, 1.165) is 29.7 Å². The van der Waals surface area contributed by atoms with Crippen LogP contribution in [-0.4, -0.2) is 35.9 Å². The van der Waals surface area contributed by atoms with E-state index in [2.05, 4.69) is 17.4 Å². The number of carboxylic acid groups (broad SMARTS) is 1. The van der Waals surface area contributed by atoms with Crippen molar-refractivity contribution in [3.05, 3.63) is 95.1 Å². The summed E-state index contributed by atoms with van der Waals surface area (Å²) in [6.07, 6.45) is 0.346. The number of carboxylic acids is 1. The molecule has 0 amide bonds. The first kappa shape index (κ1) is 22.7. The summed E-state index contributed by atoms with van der Waals surface area (Å²) in [5.41, 5.74) is 5.06. The molecule has 0 saturated heterocycles. The number of hydrogen-bond donors (Lipinski definition) is 3. The van der Waals surface area contributed by atoms with E-state index >= 15 is 0 Å². The maximum absolute atomic E-state index is 11.4. The van der Waals surface area contributed by atoms with Gasteiger partial charge in [-0.3, -0.25) is 0 Å². The van der Waals surface area contributed by atoms with Crippen LogP contribution < -0.4 is 5.32 Å². The largest absolute Gasteiger partial charge is 0.478 e. The third-order valence-corrected chi connectivity index (χ3v) is 5.20. The molecule has 0 aromatic heterocycles. The first-order chi connectivity index (χ1) is 15.1. The molecule has 0 bridgehead atoms. The standard InChI is InChI=1S/C26H29NO4/c1-2-31-18-23-16-22(12-13-24(23)26(29)30)20-10-8-19(9-11-20)14-15-27-17-25(28)21-6-4-3-5-7-21/h3-13,16,25,27-28H,2,14-15,17-18H2,1H3,(H,29,30)/t25-/m1/s1. The Morgan fingerprint density at radius 3 is 2.39 bits per heavy atom. The number of carbonyl (C=O) groups is 1. The van der Waals surface area contributed by atoms with Crippen LogP contribution in [0.4, 0.5) is 0 Å². The van der Waals surface area contributed by atoms with Crippen molar-refractivity contribution in [2.45, 2.75) is 26.1 Å². The molecule has 3 N–H and O–H groups in total. The number of aliphatic hydroxyl groups excluding tert-OH is 1. The Balaban J connectivity index is 1.56. The first-order valence-corrected chi connectivity index (χ1v) is 10.6. The number of aromatic carboxylic acids is 1. The van der Waals surface area contributed by atoms with Gasteiger partial charge in [-0.15, -0.1) is 0 Å². The predicted molar refractivity (Wildman–Crippen MR) is 122 cm³/mol. The number of aliphatic hydroxyl groups is 1. The molecule has 0 radical (unpaired) electrons. The van der Waals surface area contributed by atoms with Gasteiger partial charge in [0, 0.05) is 13.2 Å². The van der Waals surface area contributed by atoms with Gasteiger partial charge in [0.05, 0.1) is 18.3 Å². The van der Waals surface area contributed by atoms with Crippen molar-refractivity contribution in [1.29, 1.82) is 0 Å². The van der Waals surface area contributed by atoms with Crippen LogP contribution in [0.15, 0.2) is 72.8 Å². The van der Waals surface area contributed by atoms with Crippen LogP contribution in [0, 0.1) is 0 Å². The molecule has 0 heterocycles. The first-order valence-electron chi connectivity index (χ1n) is 10.6. The van der Waals surface area contributed by atoms with Crippen molar-refractivity contribution in [1.82, 2.24) is 5.32 Å². The lowest BCUT2D eigenvalue weighted by molar-refractivity contribution is 0.0688. The van der Waals surface area contributed by atoms with Crippen molar-refractivity contribution in [3.8, 4) is 11.1 Å². The van der Waals surface area contributed by atoms with Gasteiger partial charge in [-0.1, -0.05) is 60.7 Å². The topological polar surface area (TPSA) is 78.8 Å². The van der Waals surface area contributed by atoms with Crippen LogP contribution in [0.25, 0.3) is 11.1 Å². The molecule has 0 fully saturated rings. The van der Waals surface area contributed by atoms with Gasteiger partial charge in [-0.25, -0.2) is 4.79 Å². The molecule has 0 aliphatic heterocycles. The van der Waals surface area contributed by atoms with Gasteiger partial charge in [0.1, 0.15) is 0 Å². The summed E-state index contributed by atoms with van der Waals surface area (Å²) >= 11 is 0. The third kappa shape index (κ3) is 6.49. The zero-order chi connectivity index (χ0) is 22.1. The van der Waals surface area contributed by atoms with E-state index in [9.17, 15) is 15.0 Å². The molecule has 0 aliphatic carbocycles. The zero-order valence-electron chi connectivity index (χ0n) is 17.8. The van der Waals surface area contributed by atoms with Gasteiger partial charge in [0.2, 0.25) is 0 Å². The second kappa shape index (κ2) is 11.4. The third-order valence-electron chi connectivity index (χ3n) is 5.20. The fourth-order valence-electron chi connectivity index (χ4n) is 3.44. The summed E-state index contributed by atoms with van der Waals surface area (Å²) in [7, 11) is 0. The second-order valence-electron chi connectivity index (χ2n) is 7.39. The monoisotopic (exact) mass is 419 g/mol. The smallest absolute Gasteiger partial charge is 0.336 e. The van der Waals surface area contributed by atoms with Crippen molar-refractivity contribution in [3.63, 3.8) is 0 Å². The van der Waals surface area contributed by atoms with Gasteiger partial charge < -0.3 is 20.3 Å². The number of hydrogen-bond acceptors (Lipinski definition) is 4. The molecular weight excluding hydrogens is 390 g/mol. The zero-order valence-corrected chi connectivity index (χ0v) is 17.8. The van der Waals surface area contributed by atoms with Crippen molar-refractivity contribution < 1.29 is 19.7 Å². The molecule has 0 spiro atoms. The fourth-order valence-corrected chi connectivity index (χ4v) is 3.44. The summed E-state index contributed by atoms with van der Waals surface area (Å²) in [5, 5.41) is 22.9. The highest BCUT2D eigenvalue weighted by Crippen LogP contribution is 2.24. The van der Waals surface area contributed by atoms with E-state index in [4.69, 9.17) is 4.74 Å². The number of nitrogens with one attached hydrogen (secondary N) is 1. The van der Waals surface area contributed by atoms with Crippen LogP contribution >= 0.6 is 0 Å². The maximum atomic E-state index is 11.4. The normalized spacial score (nSPS) is 11.9. The molecule has 3 aromatic carbocycles. The minimum absolute atomic E-state index is 0.276. The Bertz CT molecular complexity index is 970. The number of benzene rings is 3. The highest BCUT2D eigenvalue weighted by molar-refractivity contribution is 5.90. The molecule has 5 heteroatoms. The van der Waals surface area contributed by atoms with Gasteiger partial charge in [0.15, 0.2) is 0 Å². The van der Waals surface area contributed by atoms with Crippen LogP contribution in [-0.2, 0) is 17.8 Å². The minimum Gasteiger partial charge on any atom is -0.478 e.